The summed E-state index contributed by atoms with van der Waals surface area (Å²) in [4.78, 5) is 49.2. The van der Waals surface area contributed by atoms with E-state index in [1.807, 2.05) is 0 Å². The van der Waals surface area contributed by atoms with Crippen LogP contribution in [-0.2, 0) is 24.0 Å². The smallest absolute Gasteiger partial charge is 0.330 e. The minimum Gasteiger partial charge on any atom is -0.330 e. The topological polar surface area (TPSA) is 142 Å². The molecule has 0 aromatic rings. The van der Waals surface area contributed by atoms with Gasteiger partial charge in [0.2, 0.25) is 0 Å². The van der Waals surface area contributed by atoms with Crippen molar-refractivity contribution in [1.29, 1.82) is 5.53 Å². The van der Waals surface area contributed by atoms with Crippen molar-refractivity contribution in [2.45, 2.75) is 25.7 Å². The van der Waals surface area contributed by atoms with Gasteiger partial charge in [0.05, 0.1) is 25.9 Å². The van der Waals surface area contributed by atoms with Gasteiger partial charge in [0, 0.05) is 12.8 Å². The maximum Gasteiger partial charge on any atom is 0.335 e. The van der Waals surface area contributed by atoms with Crippen LogP contribution in [0.25, 0.3) is 0 Å². The van der Waals surface area contributed by atoms with Crippen molar-refractivity contribution in [2.24, 2.45) is 15.3 Å². The van der Waals surface area contributed by atoms with Gasteiger partial charge in [-0.25, -0.2) is 10.3 Å². The predicted molar refractivity (Wildman–Crippen MR) is 61.2 cm³/mol. The average Bonchev–Trinajstić information content (AvgIpc) is 2.73. The molecular formula is C10H13N5O5. The second-order valence-corrected chi connectivity index (χ2v) is 3.79. The zero-order valence-corrected chi connectivity index (χ0v) is 10.6. The Morgan fingerprint density at radius 1 is 1.15 bits per heavy atom. The van der Waals surface area contributed by atoms with E-state index in [4.69, 9.17) is 5.53 Å². The standard InChI is InChI=1S/C10H13N5O5/c11-12-5-3-7(16)14-13-6-4-10(19)20-15-8(17)1-2-9(15)18/h11H,1-6H2. The number of hydrogen-bond acceptors (Lipinski definition) is 8. The Kier molecular flexibility index (Phi) is 6.07. The van der Waals surface area contributed by atoms with E-state index >= 15 is 0 Å². The average molecular weight is 283 g/mol. The van der Waals surface area contributed by atoms with Crippen LogP contribution in [0.15, 0.2) is 15.3 Å². The van der Waals surface area contributed by atoms with Gasteiger partial charge >= 0.3 is 5.97 Å². The van der Waals surface area contributed by atoms with Crippen molar-refractivity contribution in [3.05, 3.63) is 0 Å². The minimum absolute atomic E-state index is 0.0196. The van der Waals surface area contributed by atoms with Crippen molar-refractivity contribution in [3.63, 3.8) is 0 Å². The molecule has 0 atom stereocenters. The lowest BCUT2D eigenvalue weighted by atomic mass is 10.4. The quantitative estimate of drug-likeness (QED) is 0.531. The summed E-state index contributed by atoms with van der Waals surface area (Å²) in [6.45, 7) is -0.0576. The van der Waals surface area contributed by atoms with Crippen LogP contribution in [0.5, 0.6) is 0 Å². The summed E-state index contributed by atoms with van der Waals surface area (Å²) in [7, 11) is 0. The Bertz CT molecular complexity index is 445. The largest absolute Gasteiger partial charge is 0.335 e. The Balaban J connectivity index is 2.25. The molecule has 1 aliphatic heterocycles. The number of amides is 3. The highest BCUT2D eigenvalue weighted by Crippen LogP contribution is 2.12. The maximum atomic E-state index is 11.3. The van der Waals surface area contributed by atoms with Crippen molar-refractivity contribution in [1.82, 2.24) is 5.06 Å². The van der Waals surface area contributed by atoms with Gasteiger partial charge in [-0.3, -0.25) is 14.4 Å². The van der Waals surface area contributed by atoms with Gasteiger partial charge in [-0.05, 0) is 0 Å². The third-order valence-electron chi connectivity index (χ3n) is 2.23. The van der Waals surface area contributed by atoms with Gasteiger partial charge in [-0.15, -0.1) is 10.2 Å². The van der Waals surface area contributed by atoms with Crippen molar-refractivity contribution in [2.75, 3.05) is 13.1 Å². The number of nitrogens with one attached hydrogen (secondary N) is 1. The van der Waals surface area contributed by atoms with Crippen molar-refractivity contribution in [3.8, 4) is 0 Å². The predicted octanol–water partition coefficient (Wildman–Crippen LogP) is 0.384. The van der Waals surface area contributed by atoms with Gasteiger partial charge in [0.1, 0.15) is 0 Å². The van der Waals surface area contributed by atoms with Crippen LogP contribution < -0.4 is 0 Å². The van der Waals surface area contributed by atoms with Gasteiger partial charge in [-0.2, -0.15) is 10.2 Å². The fraction of sp³-hybridized carbons (Fsp3) is 0.600. The lowest BCUT2D eigenvalue weighted by Crippen LogP contribution is -2.32. The normalized spacial score (nSPS) is 14.9. The molecule has 1 heterocycles. The van der Waals surface area contributed by atoms with Crippen LogP contribution in [-0.4, -0.2) is 41.8 Å². The Hall–Kier alpha value is -2.52. The molecular weight excluding hydrogens is 270 g/mol. The fourth-order valence-corrected chi connectivity index (χ4v) is 1.28. The molecule has 1 N–H and O–H groups in total. The van der Waals surface area contributed by atoms with Crippen molar-refractivity contribution < 1.29 is 24.0 Å². The molecule has 1 aliphatic rings. The summed E-state index contributed by atoms with van der Waals surface area (Å²) in [5.74, 6) is -2.46. The van der Waals surface area contributed by atoms with Crippen LogP contribution in [0.2, 0.25) is 0 Å². The first-order valence-corrected chi connectivity index (χ1v) is 5.84. The summed E-state index contributed by atoms with van der Waals surface area (Å²) >= 11 is 0. The van der Waals surface area contributed by atoms with E-state index < -0.39 is 23.7 Å². The molecule has 0 aromatic heterocycles. The lowest BCUT2D eigenvalue weighted by Gasteiger charge is -2.11. The maximum absolute atomic E-state index is 11.3. The number of azo groups is 1. The molecule has 0 spiro atoms. The van der Waals surface area contributed by atoms with Crippen LogP contribution >= 0.6 is 0 Å². The molecule has 0 bridgehead atoms. The van der Waals surface area contributed by atoms with E-state index in [-0.39, 0.29) is 38.8 Å². The third-order valence-corrected chi connectivity index (χ3v) is 2.23. The van der Waals surface area contributed by atoms with Gasteiger partial charge in [-0.1, -0.05) is 0 Å². The molecule has 3 amide bonds. The molecule has 20 heavy (non-hydrogen) atoms. The molecule has 0 aromatic carbocycles. The molecule has 10 nitrogen and oxygen atoms in total. The molecule has 0 radical (unpaired) electrons. The summed E-state index contributed by atoms with van der Waals surface area (Å²) in [6, 6.07) is 0. The summed E-state index contributed by atoms with van der Waals surface area (Å²) in [5, 5.41) is 10.2. The molecule has 0 aliphatic carbocycles. The van der Waals surface area contributed by atoms with Gasteiger partial charge < -0.3 is 4.84 Å². The Labute approximate surface area is 113 Å². The number of carbonyl (C=O) groups excluding carboxylic acids is 4. The zero-order chi connectivity index (χ0) is 15.0. The number of hydroxylamine groups is 2. The number of carbonyl (C=O) groups is 4. The summed E-state index contributed by atoms with van der Waals surface area (Å²) < 4.78 is 0. The first-order valence-electron chi connectivity index (χ1n) is 5.84. The van der Waals surface area contributed by atoms with E-state index in [0.29, 0.717) is 5.06 Å². The molecule has 0 unspecified atom stereocenters. The number of hydrogen-bond donors (Lipinski definition) is 1. The molecule has 10 heteroatoms. The Morgan fingerprint density at radius 3 is 2.40 bits per heavy atom. The monoisotopic (exact) mass is 283 g/mol. The SMILES string of the molecule is N=NCCC(=O)N=NCCC(=O)ON1C(=O)CCC1=O. The second-order valence-electron chi connectivity index (χ2n) is 3.79. The van der Waals surface area contributed by atoms with Crippen molar-refractivity contribution >= 4 is 23.7 Å². The second kappa shape index (κ2) is 7.81. The highest BCUT2D eigenvalue weighted by atomic mass is 16.7. The van der Waals surface area contributed by atoms with E-state index in [1.165, 1.54) is 0 Å². The van der Waals surface area contributed by atoms with E-state index in [0.717, 1.165) is 0 Å². The van der Waals surface area contributed by atoms with Crippen LogP contribution in [0.4, 0.5) is 0 Å². The minimum atomic E-state index is -0.804. The van der Waals surface area contributed by atoms with E-state index in [2.05, 4.69) is 20.2 Å². The summed E-state index contributed by atoms with van der Waals surface area (Å²) in [5.41, 5.74) is 6.48. The lowest BCUT2D eigenvalue weighted by molar-refractivity contribution is -0.197. The number of nitrogens with zero attached hydrogens (tertiary/aromatic N) is 4. The first-order chi connectivity index (χ1) is 9.54. The highest BCUT2D eigenvalue weighted by Gasteiger charge is 2.32. The molecule has 1 fully saturated rings. The molecule has 0 saturated carbocycles. The van der Waals surface area contributed by atoms with Crippen LogP contribution in [0, 0.1) is 5.53 Å². The first kappa shape index (κ1) is 15.5. The van der Waals surface area contributed by atoms with E-state index in [1.54, 1.807) is 0 Å². The highest BCUT2D eigenvalue weighted by molar-refractivity contribution is 6.01. The zero-order valence-electron chi connectivity index (χ0n) is 10.6. The number of imide groups is 1. The Morgan fingerprint density at radius 2 is 1.80 bits per heavy atom. The molecule has 108 valence electrons. The van der Waals surface area contributed by atoms with Crippen LogP contribution in [0.3, 0.4) is 0 Å². The van der Waals surface area contributed by atoms with Gasteiger partial charge in [0.15, 0.2) is 0 Å². The van der Waals surface area contributed by atoms with E-state index in [9.17, 15) is 19.2 Å². The molecule has 1 rings (SSSR count). The van der Waals surface area contributed by atoms with Gasteiger partial charge in [0.25, 0.3) is 17.7 Å². The van der Waals surface area contributed by atoms with Crippen LogP contribution in [0.1, 0.15) is 25.7 Å². The number of rotatable bonds is 7. The fourth-order valence-electron chi connectivity index (χ4n) is 1.28. The summed E-state index contributed by atoms with van der Waals surface area (Å²) in [6.07, 6.45) is -0.173. The third kappa shape index (κ3) is 5.00. The molecule has 1 saturated heterocycles.